The summed E-state index contributed by atoms with van der Waals surface area (Å²) >= 11 is 1.63. The lowest BCUT2D eigenvalue weighted by Gasteiger charge is -2.21. The molecule has 0 unspecified atom stereocenters. The number of aromatic nitrogens is 2. The Morgan fingerprint density at radius 2 is 1.81 bits per heavy atom. The molecule has 0 radical (unpaired) electrons. The van der Waals surface area contributed by atoms with Crippen LogP contribution in [0.1, 0.15) is 23.4 Å². The summed E-state index contributed by atoms with van der Waals surface area (Å²) in [5.74, 6) is 1.35. The first-order valence-corrected chi connectivity index (χ1v) is 10.0. The van der Waals surface area contributed by atoms with Gasteiger partial charge in [-0.1, -0.05) is 17.3 Å². The van der Waals surface area contributed by atoms with Crippen LogP contribution in [-0.2, 0) is 13.1 Å². The van der Waals surface area contributed by atoms with Gasteiger partial charge in [-0.3, -0.25) is 9.80 Å². The molecule has 1 aromatic carbocycles. The number of hydrogen-bond acceptors (Lipinski definition) is 7. The monoisotopic (exact) mass is 379 g/mol. The van der Waals surface area contributed by atoms with Crippen LogP contribution in [0, 0.1) is 11.3 Å². The first kappa shape index (κ1) is 17.9. The Hall–Kier alpha value is -2.53. The predicted molar refractivity (Wildman–Crippen MR) is 104 cm³/mol. The van der Waals surface area contributed by atoms with Crippen molar-refractivity contribution in [3.8, 4) is 17.5 Å². The quantitative estimate of drug-likeness (QED) is 0.677. The van der Waals surface area contributed by atoms with E-state index in [1.54, 1.807) is 11.3 Å². The van der Waals surface area contributed by atoms with Crippen molar-refractivity contribution in [2.75, 3.05) is 26.2 Å². The number of thiophene rings is 1. The molecule has 0 aliphatic carbocycles. The summed E-state index contributed by atoms with van der Waals surface area (Å²) < 4.78 is 5.44. The summed E-state index contributed by atoms with van der Waals surface area (Å²) in [7, 11) is 0. The first-order chi connectivity index (χ1) is 13.3. The third-order valence-electron chi connectivity index (χ3n) is 4.78. The smallest absolute Gasteiger partial charge is 0.241 e. The van der Waals surface area contributed by atoms with Crippen LogP contribution in [0.2, 0.25) is 0 Å². The molecule has 2 aromatic heterocycles. The van der Waals surface area contributed by atoms with Crippen molar-refractivity contribution in [2.24, 2.45) is 0 Å². The maximum atomic E-state index is 8.91. The lowest BCUT2D eigenvalue weighted by molar-refractivity contribution is 0.222. The van der Waals surface area contributed by atoms with E-state index in [0.29, 0.717) is 23.8 Å². The van der Waals surface area contributed by atoms with E-state index in [1.807, 2.05) is 41.1 Å². The highest BCUT2D eigenvalue weighted by molar-refractivity contribution is 7.08. The number of nitrogens with zero attached hydrogens (tertiary/aromatic N) is 5. The second-order valence-corrected chi connectivity index (χ2v) is 7.52. The number of nitriles is 1. The lowest BCUT2D eigenvalue weighted by atomic mass is 10.1. The Bertz CT molecular complexity index is 897. The van der Waals surface area contributed by atoms with Gasteiger partial charge in [0, 0.05) is 30.6 Å². The van der Waals surface area contributed by atoms with Crippen LogP contribution < -0.4 is 0 Å². The third kappa shape index (κ3) is 4.61. The fourth-order valence-corrected chi connectivity index (χ4v) is 3.94. The first-order valence-electron chi connectivity index (χ1n) is 9.09. The average Bonchev–Trinajstić information content (AvgIpc) is 3.33. The van der Waals surface area contributed by atoms with E-state index in [1.165, 1.54) is 5.56 Å². The number of rotatable bonds is 5. The zero-order chi connectivity index (χ0) is 18.5. The van der Waals surface area contributed by atoms with Gasteiger partial charge in [0.1, 0.15) is 0 Å². The molecule has 27 heavy (non-hydrogen) atoms. The molecule has 1 fully saturated rings. The average molecular weight is 379 g/mol. The zero-order valence-electron chi connectivity index (χ0n) is 15.0. The fraction of sp³-hybridized carbons (Fsp3) is 0.350. The highest BCUT2D eigenvalue weighted by Gasteiger charge is 2.18. The number of benzene rings is 1. The molecule has 3 aromatic rings. The summed E-state index contributed by atoms with van der Waals surface area (Å²) in [5, 5.41) is 17.0. The van der Waals surface area contributed by atoms with Crippen LogP contribution in [0.4, 0.5) is 0 Å². The van der Waals surface area contributed by atoms with Crippen molar-refractivity contribution in [2.45, 2.75) is 19.5 Å². The minimum Gasteiger partial charge on any atom is -0.338 e. The number of hydrogen-bond donors (Lipinski definition) is 0. The van der Waals surface area contributed by atoms with Crippen molar-refractivity contribution >= 4 is 11.3 Å². The molecule has 1 aliphatic heterocycles. The van der Waals surface area contributed by atoms with Crippen molar-refractivity contribution in [3.63, 3.8) is 0 Å². The normalized spacial score (nSPS) is 16.1. The predicted octanol–water partition coefficient (Wildman–Crippen LogP) is 3.38. The van der Waals surface area contributed by atoms with Gasteiger partial charge < -0.3 is 4.52 Å². The van der Waals surface area contributed by atoms with Crippen LogP contribution in [0.5, 0.6) is 0 Å². The second-order valence-electron chi connectivity index (χ2n) is 6.74. The summed E-state index contributed by atoms with van der Waals surface area (Å²) in [6, 6.07) is 12.0. The Morgan fingerprint density at radius 1 is 1.04 bits per heavy atom. The van der Waals surface area contributed by atoms with Gasteiger partial charge in [0.05, 0.1) is 18.2 Å². The Kier molecular flexibility index (Phi) is 5.58. The summed E-state index contributed by atoms with van der Waals surface area (Å²) in [6.07, 6.45) is 1.11. The van der Waals surface area contributed by atoms with Crippen molar-refractivity contribution in [1.29, 1.82) is 5.26 Å². The minimum atomic E-state index is 0.670. The Labute approximate surface area is 162 Å². The fourth-order valence-electron chi connectivity index (χ4n) is 3.30. The molecular formula is C20H21N5OS. The highest BCUT2D eigenvalue weighted by Crippen LogP contribution is 2.19. The minimum absolute atomic E-state index is 0.670. The van der Waals surface area contributed by atoms with Crippen molar-refractivity contribution < 1.29 is 4.52 Å². The van der Waals surface area contributed by atoms with Crippen LogP contribution in [0.15, 0.2) is 45.6 Å². The third-order valence-corrected chi connectivity index (χ3v) is 5.46. The van der Waals surface area contributed by atoms with Gasteiger partial charge in [-0.2, -0.15) is 21.6 Å². The molecule has 0 bridgehead atoms. The summed E-state index contributed by atoms with van der Waals surface area (Å²) in [6.45, 7) is 5.70. The van der Waals surface area contributed by atoms with E-state index in [0.717, 1.165) is 44.7 Å². The van der Waals surface area contributed by atoms with Crippen molar-refractivity contribution in [1.82, 2.24) is 19.9 Å². The van der Waals surface area contributed by atoms with E-state index >= 15 is 0 Å². The largest absolute Gasteiger partial charge is 0.338 e. The molecule has 0 saturated carbocycles. The molecule has 1 saturated heterocycles. The van der Waals surface area contributed by atoms with Gasteiger partial charge in [0.2, 0.25) is 11.7 Å². The molecule has 7 heteroatoms. The van der Waals surface area contributed by atoms with E-state index in [4.69, 9.17) is 9.78 Å². The van der Waals surface area contributed by atoms with Crippen LogP contribution in [0.25, 0.3) is 11.4 Å². The van der Waals surface area contributed by atoms with E-state index in [-0.39, 0.29) is 0 Å². The van der Waals surface area contributed by atoms with E-state index in [2.05, 4.69) is 26.0 Å². The molecule has 4 rings (SSSR count). The standard InChI is InChI=1S/C20H21N5OS/c21-12-16-2-4-17(5-3-16)13-24-7-1-8-25(10-9-24)14-19-22-20(23-26-19)18-6-11-27-15-18/h2-6,11,15H,1,7-10,13-14H2. The molecule has 138 valence electrons. The van der Waals surface area contributed by atoms with Crippen LogP contribution in [0.3, 0.4) is 0 Å². The van der Waals surface area contributed by atoms with Gasteiger partial charge in [-0.25, -0.2) is 0 Å². The molecule has 3 heterocycles. The Morgan fingerprint density at radius 3 is 2.52 bits per heavy atom. The van der Waals surface area contributed by atoms with Crippen LogP contribution in [-0.4, -0.2) is 46.1 Å². The van der Waals surface area contributed by atoms with E-state index < -0.39 is 0 Å². The van der Waals surface area contributed by atoms with Gasteiger partial charge in [0.25, 0.3) is 0 Å². The molecule has 6 nitrogen and oxygen atoms in total. The van der Waals surface area contributed by atoms with Crippen molar-refractivity contribution in [3.05, 3.63) is 58.1 Å². The van der Waals surface area contributed by atoms with Crippen LogP contribution >= 0.6 is 11.3 Å². The maximum Gasteiger partial charge on any atom is 0.241 e. The Balaban J connectivity index is 1.31. The molecular weight excluding hydrogens is 358 g/mol. The zero-order valence-corrected chi connectivity index (χ0v) is 15.9. The molecule has 1 aliphatic rings. The van der Waals surface area contributed by atoms with E-state index in [9.17, 15) is 0 Å². The van der Waals surface area contributed by atoms with Gasteiger partial charge >= 0.3 is 0 Å². The topological polar surface area (TPSA) is 69.2 Å². The highest BCUT2D eigenvalue weighted by atomic mass is 32.1. The molecule has 0 spiro atoms. The molecule has 0 atom stereocenters. The SMILES string of the molecule is N#Cc1ccc(CN2CCCN(Cc3nc(-c4ccsc4)no3)CC2)cc1. The summed E-state index contributed by atoms with van der Waals surface area (Å²) in [4.78, 5) is 9.37. The molecule has 0 N–H and O–H groups in total. The van der Waals surface area contributed by atoms with Gasteiger partial charge in [-0.15, -0.1) is 0 Å². The van der Waals surface area contributed by atoms with Gasteiger partial charge in [-0.05, 0) is 48.7 Å². The summed E-state index contributed by atoms with van der Waals surface area (Å²) in [5.41, 5.74) is 2.97. The molecule has 0 amide bonds. The maximum absolute atomic E-state index is 8.91. The lowest BCUT2D eigenvalue weighted by Crippen LogP contribution is -2.30. The van der Waals surface area contributed by atoms with Gasteiger partial charge in [0.15, 0.2) is 0 Å². The second kappa shape index (κ2) is 8.44.